The summed E-state index contributed by atoms with van der Waals surface area (Å²) in [6.45, 7) is 3.61. The summed E-state index contributed by atoms with van der Waals surface area (Å²) < 4.78 is 0. The van der Waals surface area contributed by atoms with E-state index in [0.717, 1.165) is 37.2 Å². The van der Waals surface area contributed by atoms with Crippen LogP contribution in [-0.4, -0.2) is 38.7 Å². The smallest absolute Gasteiger partial charge is 0.269 e. The van der Waals surface area contributed by atoms with Gasteiger partial charge in [0, 0.05) is 30.9 Å². The molecule has 0 aliphatic carbocycles. The zero-order valence-corrected chi connectivity index (χ0v) is 17.7. The summed E-state index contributed by atoms with van der Waals surface area (Å²) in [5, 5.41) is 18.4. The van der Waals surface area contributed by atoms with Gasteiger partial charge >= 0.3 is 0 Å². The second-order valence-corrected chi connectivity index (χ2v) is 7.43. The molecule has 0 radical (unpaired) electrons. The average Bonchev–Trinajstić information content (AvgIpc) is 2.83. The molecule has 0 unspecified atom stereocenters. The lowest BCUT2D eigenvalue weighted by atomic mass is 10.1. The molecule has 0 atom stereocenters. The van der Waals surface area contributed by atoms with E-state index >= 15 is 0 Å². The first-order valence-corrected chi connectivity index (χ1v) is 10.5. The second-order valence-electron chi connectivity index (χ2n) is 7.43. The molecule has 2 heterocycles. The first-order valence-electron chi connectivity index (χ1n) is 10.5. The Morgan fingerprint density at radius 2 is 1.66 bits per heavy atom. The van der Waals surface area contributed by atoms with Crippen LogP contribution in [0.4, 0.5) is 29.2 Å². The van der Waals surface area contributed by atoms with Gasteiger partial charge in [-0.05, 0) is 56.0 Å². The summed E-state index contributed by atoms with van der Waals surface area (Å²) in [6.07, 6.45) is 3.42. The van der Waals surface area contributed by atoms with E-state index in [-0.39, 0.29) is 5.69 Å². The maximum atomic E-state index is 10.8. The van der Waals surface area contributed by atoms with Gasteiger partial charge < -0.3 is 10.2 Å². The van der Waals surface area contributed by atoms with Crippen LogP contribution in [-0.2, 0) is 0 Å². The van der Waals surface area contributed by atoms with Crippen LogP contribution in [0.15, 0.2) is 59.7 Å². The van der Waals surface area contributed by atoms with Gasteiger partial charge in [-0.1, -0.05) is 18.2 Å². The molecule has 1 aliphatic heterocycles. The molecule has 1 fully saturated rings. The summed E-state index contributed by atoms with van der Waals surface area (Å²) in [6, 6.07) is 15.9. The summed E-state index contributed by atoms with van der Waals surface area (Å²) >= 11 is 0. The highest BCUT2D eigenvalue weighted by Gasteiger charge is 2.16. The zero-order valence-electron chi connectivity index (χ0n) is 17.7. The number of piperidine rings is 1. The topological polar surface area (TPSA) is 121 Å². The average molecular weight is 432 g/mol. The van der Waals surface area contributed by atoms with Gasteiger partial charge in [-0.2, -0.15) is 20.1 Å². The van der Waals surface area contributed by atoms with Crippen LogP contribution >= 0.6 is 0 Å². The normalized spacial score (nSPS) is 14.2. The number of hydrazone groups is 1. The van der Waals surface area contributed by atoms with E-state index in [1.54, 1.807) is 12.1 Å². The first-order chi connectivity index (χ1) is 15.6. The molecule has 1 saturated heterocycles. The minimum absolute atomic E-state index is 0.0368. The molecule has 10 heteroatoms. The third-order valence-corrected chi connectivity index (χ3v) is 5.11. The number of nitro groups is 1. The van der Waals surface area contributed by atoms with Gasteiger partial charge in [0.1, 0.15) is 0 Å². The first kappa shape index (κ1) is 21.2. The number of rotatable bonds is 7. The number of hydrogen-bond acceptors (Lipinski definition) is 9. The summed E-state index contributed by atoms with van der Waals surface area (Å²) in [5.74, 6) is 1.35. The summed E-state index contributed by atoms with van der Waals surface area (Å²) in [7, 11) is 0. The van der Waals surface area contributed by atoms with Crippen LogP contribution < -0.4 is 15.6 Å². The molecule has 3 aromatic rings. The highest BCUT2D eigenvalue weighted by Crippen LogP contribution is 2.21. The maximum absolute atomic E-state index is 10.8. The van der Waals surface area contributed by atoms with Crippen LogP contribution in [0, 0.1) is 10.1 Å². The summed E-state index contributed by atoms with van der Waals surface area (Å²) in [5.41, 5.74) is 5.23. The Balaban J connectivity index is 1.57. The lowest BCUT2D eigenvalue weighted by Crippen LogP contribution is -2.31. The van der Waals surface area contributed by atoms with Gasteiger partial charge in [-0.3, -0.25) is 10.1 Å². The van der Waals surface area contributed by atoms with Crippen LogP contribution in [0.3, 0.4) is 0 Å². The van der Waals surface area contributed by atoms with Gasteiger partial charge in [-0.15, -0.1) is 0 Å². The van der Waals surface area contributed by atoms with Gasteiger partial charge in [0.15, 0.2) is 0 Å². The Morgan fingerprint density at radius 1 is 0.969 bits per heavy atom. The Bertz CT molecular complexity index is 1100. The molecule has 32 heavy (non-hydrogen) atoms. The fraction of sp³-hybridized carbons (Fsp3) is 0.273. The molecule has 0 amide bonds. The van der Waals surface area contributed by atoms with Crippen molar-refractivity contribution in [3.63, 3.8) is 0 Å². The van der Waals surface area contributed by atoms with E-state index < -0.39 is 4.92 Å². The van der Waals surface area contributed by atoms with Gasteiger partial charge in [-0.25, -0.2) is 5.43 Å². The number of benzene rings is 2. The van der Waals surface area contributed by atoms with Crippen molar-refractivity contribution >= 4 is 34.9 Å². The molecular formula is C22H24N8O2. The third-order valence-electron chi connectivity index (χ3n) is 5.11. The van der Waals surface area contributed by atoms with Crippen molar-refractivity contribution in [2.24, 2.45) is 5.10 Å². The number of nitrogens with zero attached hydrogens (tertiary/aromatic N) is 6. The standard InChI is InChI=1S/C22H24N8O2/c1-16(17-10-12-19(13-11-17)30(31)32)27-28-21-24-20(23-18-8-4-2-5-9-18)25-22(26-21)29-14-6-3-7-15-29/h2,4-5,8-13H,3,6-7,14-15H2,1H3,(H2,23,24,25,26,28)/b27-16-. The van der Waals surface area contributed by atoms with Crippen LogP contribution in [0.1, 0.15) is 31.7 Å². The monoisotopic (exact) mass is 432 g/mol. The molecular weight excluding hydrogens is 408 g/mol. The third kappa shape index (κ3) is 5.34. The Hall–Kier alpha value is -4.08. The number of non-ortho nitro benzene ring substituents is 1. The quantitative estimate of drug-likeness (QED) is 0.321. The molecule has 0 saturated carbocycles. The van der Waals surface area contributed by atoms with Gasteiger partial charge in [0.2, 0.25) is 17.8 Å². The van der Waals surface area contributed by atoms with Crippen LogP contribution in [0.2, 0.25) is 0 Å². The Labute approximate surface area is 185 Å². The molecule has 164 valence electrons. The van der Waals surface area contributed by atoms with E-state index in [0.29, 0.717) is 23.6 Å². The predicted molar refractivity (Wildman–Crippen MR) is 125 cm³/mol. The summed E-state index contributed by atoms with van der Waals surface area (Å²) in [4.78, 5) is 26.2. The Kier molecular flexibility index (Phi) is 6.49. The van der Waals surface area contributed by atoms with Crippen molar-refractivity contribution in [3.8, 4) is 0 Å². The van der Waals surface area contributed by atoms with Gasteiger partial charge in [0.05, 0.1) is 10.6 Å². The number of nitrogens with one attached hydrogen (secondary N) is 2. The van der Waals surface area contributed by atoms with Crippen LogP contribution in [0.5, 0.6) is 0 Å². The largest absolute Gasteiger partial charge is 0.341 e. The van der Waals surface area contributed by atoms with Crippen molar-refractivity contribution in [2.75, 3.05) is 28.7 Å². The SMILES string of the molecule is C/C(=N/Nc1nc(Nc2ccccc2)nc(N2CCCCC2)n1)c1ccc([N+](=O)[O-])cc1. The van der Waals surface area contributed by atoms with Gasteiger partial charge in [0.25, 0.3) is 5.69 Å². The minimum Gasteiger partial charge on any atom is -0.341 e. The van der Waals surface area contributed by atoms with Crippen LogP contribution in [0.25, 0.3) is 0 Å². The second kappa shape index (κ2) is 9.82. The number of anilines is 4. The lowest BCUT2D eigenvalue weighted by molar-refractivity contribution is -0.384. The van der Waals surface area contributed by atoms with E-state index in [4.69, 9.17) is 0 Å². The molecule has 4 rings (SSSR count). The van der Waals surface area contributed by atoms with Crippen molar-refractivity contribution in [2.45, 2.75) is 26.2 Å². The zero-order chi connectivity index (χ0) is 22.3. The lowest BCUT2D eigenvalue weighted by Gasteiger charge is -2.26. The molecule has 0 bridgehead atoms. The number of para-hydroxylation sites is 1. The Morgan fingerprint density at radius 3 is 2.34 bits per heavy atom. The van der Waals surface area contributed by atoms with E-state index in [9.17, 15) is 10.1 Å². The van der Waals surface area contributed by atoms with Crippen molar-refractivity contribution in [1.29, 1.82) is 0 Å². The van der Waals surface area contributed by atoms with Crippen molar-refractivity contribution < 1.29 is 4.92 Å². The molecule has 1 aromatic heterocycles. The highest BCUT2D eigenvalue weighted by molar-refractivity contribution is 5.99. The molecule has 10 nitrogen and oxygen atoms in total. The molecule has 0 spiro atoms. The highest BCUT2D eigenvalue weighted by atomic mass is 16.6. The maximum Gasteiger partial charge on any atom is 0.269 e. The van der Waals surface area contributed by atoms with E-state index in [1.807, 2.05) is 37.3 Å². The molecule has 2 aromatic carbocycles. The van der Waals surface area contributed by atoms with Crippen molar-refractivity contribution in [3.05, 3.63) is 70.3 Å². The van der Waals surface area contributed by atoms with E-state index in [1.165, 1.54) is 18.6 Å². The van der Waals surface area contributed by atoms with E-state index in [2.05, 4.69) is 35.7 Å². The number of nitro benzene ring substituents is 1. The molecule has 1 aliphatic rings. The fourth-order valence-electron chi connectivity index (χ4n) is 3.38. The van der Waals surface area contributed by atoms with Crippen molar-refractivity contribution in [1.82, 2.24) is 15.0 Å². The minimum atomic E-state index is -0.428. The predicted octanol–water partition coefficient (Wildman–Crippen LogP) is 4.35. The molecule has 2 N–H and O–H groups in total. The number of aromatic nitrogens is 3. The number of hydrogen-bond donors (Lipinski definition) is 2. The fourth-order valence-corrected chi connectivity index (χ4v) is 3.38.